The number of benzene rings is 2. The highest BCUT2D eigenvalue weighted by Gasteiger charge is 2.29. The number of hydrogen-bond acceptors (Lipinski definition) is 4. The quantitative estimate of drug-likeness (QED) is 0.728. The summed E-state index contributed by atoms with van der Waals surface area (Å²) in [4.78, 5) is 14.7. The molecule has 1 saturated heterocycles. The van der Waals surface area contributed by atoms with Gasteiger partial charge >= 0.3 is 0 Å². The highest BCUT2D eigenvalue weighted by atomic mass is 35.5. The Bertz CT molecular complexity index is 1000. The zero-order chi connectivity index (χ0) is 21.9. The number of sulfonamides is 1. The summed E-state index contributed by atoms with van der Waals surface area (Å²) >= 11 is 5.87. The normalized spacial score (nSPS) is 16.3. The van der Waals surface area contributed by atoms with Gasteiger partial charge in [0.05, 0.1) is 4.90 Å². The van der Waals surface area contributed by atoms with E-state index in [2.05, 4.69) is 4.72 Å². The van der Waals surface area contributed by atoms with E-state index in [4.69, 9.17) is 16.3 Å². The fourth-order valence-corrected chi connectivity index (χ4v) is 4.93. The molecule has 3 rings (SSSR count). The average molecular weight is 451 g/mol. The van der Waals surface area contributed by atoms with E-state index in [1.807, 2.05) is 19.9 Å². The Morgan fingerprint density at radius 1 is 1.10 bits per heavy atom. The monoisotopic (exact) mass is 450 g/mol. The van der Waals surface area contributed by atoms with Crippen LogP contribution in [0.5, 0.6) is 5.75 Å². The van der Waals surface area contributed by atoms with Gasteiger partial charge < -0.3 is 9.64 Å². The summed E-state index contributed by atoms with van der Waals surface area (Å²) < 4.78 is 33.9. The van der Waals surface area contributed by atoms with Crippen LogP contribution in [0, 0.1) is 13.8 Å². The van der Waals surface area contributed by atoms with Crippen molar-refractivity contribution >= 4 is 27.5 Å². The molecule has 6 nitrogen and oxygen atoms in total. The van der Waals surface area contributed by atoms with Gasteiger partial charge in [0.2, 0.25) is 10.0 Å². The van der Waals surface area contributed by atoms with Gasteiger partial charge in [0.15, 0.2) is 6.10 Å². The Kier molecular flexibility index (Phi) is 7.06. The summed E-state index contributed by atoms with van der Waals surface area (Å²) in [5.41, 5.74) is 1.99. The Hall–Kier alpha value is -2.09. The predicted octanol–water partition coefficient (Wildman–Crippen LogP) is 3.69. The number of halogens is 1. The van der Waals surface area contributed by atoms with Gasteiger partial charge in [-0.25, -0.2) is 13.1 Å². The van der Waals surface area contributed by atoms with E-state index < -0.39 is 16.1 Å². The van der Waals surface area contributed by atoms with Gasteiger partial charge in [-0.3, -0.25) is 4.79 Å². The molecule has 0 radical (unpaired) electrons. The van der Waals surface area contributed by atoms with E-state index in [-0.39, 0.29) is 16.8 Å². The first kappa shape index (κ1) is 22.6. The highest BCUT2D eigenvalue weighted by molar-refractivity contribution is 7.89. The molecule has 1 heterocycles. The lowest BCUT2D eigenvalue weighted by molar-refractivity contribution is -0.139. The van der Waals surface area contributed by atoms with Gasteiger partial charge in [0, 0.05) is 24.2 Å². The van der Waals surface area contributed by atoms with Crippen molar-refractivity contribution < 1.29 is 17.9 Å². The first-order valence-electron chi connectivity index (χ1n) is 9.96. The Morgan fingerprint density at radius 2 is 1.73 bits per heavy atom. The minimum Gasteiger partial charge on any atom is -0.481 e. The summed E-state index contributed by atoms with van der Waals surface area (Å²) in [6.07, 6.45) is 0.488. The second-order valence-electron chi connectivity index (χ2n) is 7.68. The molecule has 0 bridgehead atoms. The van der Waals surface area contributed by atoms with Crippen LogP contribution in [0.3, 0.4) is 0 Å². The third-order valence-corrected chi connectivity index (χ3v) is 7.16. The first-order chi connectivity index (χ1) is 14.2. The number of ether oxygens (including phenoxy) is 1. The van der Waals surface area contributed by atoms with Gasteiger partial charge in [0.1, 0.15) is 5.75 Å². The van der Waals surface area contributed by atoms with Crippen LogP contribution in [0.15, 0.2) is 47.4 Å². The minimum atomic E-state index is -3.59. The molecule has 1 fully saturated rings. The second-order valence-corrected chi connectivity index (χ2v) is 9.83. The summed E-state index contributed by atoms with van der Waals surface area (Å²) in [5.74, 6) is 0.469. The molecule has 0 aliphatic carbocycles. The molecule has 8 heteroatoms. The topological polar surface area (TPSA) is 75.7 Å². The molecular formula is C22H27ClN2O4S. The van der Waals surface area contributed by atoms with Crippen molar-refractivity contribution in [1.82, 2.24) is 9.62 Å². The number of likely N-dealkylation sites (tertiary alicyclic amines) is 1. The SMILES string of the molecule is Cc1ccc(S(=O)(=O)NC2CCN(C(=O)C(C)Oc3ccc(Cl)cc3)CC2)cc1C. The lowest BCUT2D eigenvalue weighted by atomic mass is 10.1. The van der Waals surface area contributed by atoms with Crippen LogP contribution in [0.4, 0.5) is 0 Å². The van der Waals surface area contributed by atoms with Crippen LogP contribution >= 0.6 is 11.6 Å². The summed E-state index contributed by atoms with van der Waals surface area (Å²) in [7, 11) is -3.59. The van der Waals surface area contributed by atoms with Gasteiger partial charge in [-0.05, 0) is 81.1 Å². The summed E-state index contributed by atoms with van der Waals surface area (Å²) in [6.45, 7) is 6.52. The van der Waals surface area contributed by atoms with Crippen LogP contribution in [-0.4, -0.2) is 44.5 Å². The standard InChI is InChI=1S/C22H27ClN2O4S/c1-15-4-9-21(14-16(15)2)30(27,28)24-19-10-12-25(13-11-19)22(26)17(3)29-20-7-5-18(23)6-8-20/h4-9,14,17,19,24H,10-13H2,1-3H3. The lowest BCUT2D eigenvalue weighted by Crippen LogP contribution is -2.49. The number of piperidine rings is 1. The van der Waals surface area contributed by atoms with Crippen LogP contribution in [0.1, 0.15) is 30.9 Å². The number of carbonyl (C=O) groups excluding carboxylic acids is 1. The van der Waals surface area contributed by atoms with Crippen molar-refractivity contribution in [2.75, 3.05) is 13.1 Å². The van der Waals surface area contributed by atoms with Crippen molar-refractivity contribution in [2.45, 2.75) is 50.7 Å². The maximum Gasteiger partial charge on any atom is 0.263 e. The minimum absolute atomic E-state index is 0.111. The number of nitrogens with one attached hydrogen (secondary N) is 1. The third kappa shape index (κ3) is 5.53. The zero-order valence-electron chi connectivity index (χ0n) is 17.4. The summed E-state index contributed by atoms with van der Waals surface area (Å²) in [5, 5.41) is 0.603. The van der Waals surface area contributed by atoms with Crippen LogP contribution < -0.4 is 9.46 Å². The molecule has 0 spiro atoms. The molecule has 1 aliphatic rings. The van der Waals surface area contributed by atoms with Crippen LogP contribution in [-0.2, 0) is 14.8 Å². The van der Waals surface area contributed by atoms with Crippen molar-refractivity contribution in [3.05, 3.63) is 58.6 Å². The zero-order valence-corrected chi connectivity index (χ0v) is 19.0. The second kappa shape index (κ2) is 9.37. The Labute approximate surface area is 183 Å². The lowest BCUT2D eigenvalue weighted by Gasteiger charge is -2.33. The molecule has 1 atom stereocenters. The van der Waals surface area contributed by atoms with Crippen LogP contribution in [0.2, 0.25) is 5.02 Å². The number of aryl methyl sites for hydroxylation is 2. The number of hydrogen-bond donors (Lipinski definition) is 1. The molecule has 1 aliphatic heterocycles. The van der Waals surface area contributed by atoms with Crippen molar-refractivity contribution in [3.63, 3.8) is 0 Å². The third-order valence-electron chi connectivity index (χ3n) is 5.39. The summed E-state index contributed by atoms with van der Waals surface area (Å²) in [6, 6.07) is 11.8. The molecule has 30 heavy (non-hydrogen) atoms. The van der Waals surface area contributed by atoms with Gasteiger partial charge in [-0.15, -0.1) is 0 Å². The van der Waals surface area contributed by atoms with E-state index in [1.54, 1.807) is 48.2 Å². The van der Waals surface area contributed by atoms with E-state index in [9.17, 15) is 13.2 Å². The molecule has 162 valence electrons. The smallest absolute Gasteiger partial charge is 0.263 e. The van der Waals surface area contributed by atoms with Gasteiger partial charge in [0.25, 0.3) is 5.91 Å². The Balaban J connectivity index is 1.54. The van der Waals surface area contributed by atoms with Crippen molar-refractivity contribution in [1.29, 1.82) is 0 Å². The predicted molar refractivity (Wildman–Crippen MR) is 117 cm³/mol. The molecule has 0 saturated carbocycles. The molecule has 1 N–H and O–H groups in total. The van der Waals surface area contributed by atoms with Gasteiger partial charge in [-0.1, -0.05) is 17.7 Å². The average Bonchev–Trinajstić information content (AvgIpc) is 2.71. The van der Waals surface area contributed by atoms with E-state index >= 15 is 0 Å². The van der Waals surface area contributed by atoms with Gasteiger partial charge in [-0.2, -0.15) is 0 Å². The number of rotatable bonds is 6. The molecular weight excluding hydrogens is 424 g/mol. The van der Waals surface area contributed by atoms with Crippen molar-refractivity contribution in [3.8, 4) is 5.75 Å². The van der Waals surface area contributed by atoms with E-state index in [1.165, 1.54) is 0 Å². The van der Waals surface area contributed by atoms with E-state index in [0.29, 0.717) is 36.7 Å². The molecule has 1 unspecified atom stereocenters. The number of carbonyl (C=O) groups is 1. The molecule has 2 aromatic rings. The molecule has 0 aromatic heterocycles. The maximum absolute atomic E-state index is 12.7. The first-order valence-corrected chi connectivity index (χ1v) is 11.8. The fraction of sp³-hybridized carbons (Fsp3) is 0.409. The number of nitrogens with zero attached hydrogens (tertiary/aromatic N) is 1. The largest absolute Gasteiger partial charge is 0.481 e. The van der Waals surface area contributed by atoms with E-state index in [0.717, 1.165) is 11.1 Å². The maximum atomic E-state index is 12.7. The number of amides is 1. The molecule has 2 aromatic carbocycles. The highest BCUT2D eigenvalue weighted by Crippen LogP contribution is 2.20. The molecule has 1 amide bonds. The van der Waals surface area contributed by atoms with Crippen molar-refractivity contribution in [2.24, 2.45) is 0 Å². The Morgan fingerprint density at radius 3 is 2.33 bits per heavy atom. The van der Waals surface area contributed by atoms with Crippen LogP contribution in [0.25, 0.3) is 0 Å². The fourth-order valence-electron chi connectivity index (χ4n) is 3.41.